The van der Waals surface area contributed by atoms with E-state index in [1.807, 2.05) is 9.80 Å². The number of hydrogen-bond acceptors (Lipinski definition) is 5. The van der Waals surface area contributed by atoms with Crippen LogP contribution in [0.5, 0.6) is 5.75 Å². The highest BCUT2D eigenvalue weighted by atomic mass is 19.2. The zero-order valence-electron chi connectivity index (χ0n) is 15.1. The van der Waals surface area contributed by atoms with Gasteiger partial charge < -0.3 is 15.0 Å². The Labute approximate surface area is 160 Å². The highest BCUT2D eigenvalue weighted by molar-refractivity contribution is 5.93. The van der Waals surface area contributed by atoms with Gasteiger partial charge in [0.1, 0.15) is 5.75 Å². The highest BCUT2D eigenvalue weighted by Gasteiger charge is 2.22. The van der Waals surface area contributed by atoms with Crippen molar-refractivity contribution in [1.82, 2.24) is 4.90 Å². The van der Waals surface area contributed by atoms with Gasteiger partial charge in [-0.05, 0) is 18.2 Å². The third-order valence-corrected chi connectivity index (χ3v) is 4.92. The van der Waals surface area contributed by atoms with Crippen molar-refractivity contribution in [2.75, 3.05) is 42.9 Å². The minimum atomic E-state index is -0.862. The Balaban J connectivity index is 1.29. The van der Waals surface area contributed by atoms with Gasteiger partial charge in [0.2, 0.25) is 5.91 Å². The summed E-state index contributed by atoms with van der Waals surface area (Å²) >= 11 is 0. The van der Waals surface area contributed by atoms with Crippen LogP contribution in [0.4, 0.5) is 20.2 Å². The second kappa shape index (κ2) is 7.55. The van der Waals surface area contributed by atoms with Gasteiger partial charge in [-0.2, -0.15) is 0 Å². The molecule has 0 bridgehead atoms. The number of halogens is 2. The Bertz CT molecular complexity index is 927. The second-order valence-electron chi connectivity index (χ2n) is 6.88. The van der Waals surface area contributed by atoms with Gasteiger partial charge in [0, 0.05) is 55.2 Å². The molecule has 8 heteroatoms. The maximum absolute atomic E-state index is 13.4. The number of piperazine rings is 1. The first kappa shape index (κ1) is 18.4. The molecule has 2 aromatic carbocycles. The Morgan fingerprint density at radius 1 is 1.04 bits per heavy atom. The summed E-state index contributed by atoms with van der Waals surface area (Å²) in [5.74, 6) is -1.69. The number of anilines is 2. The van der Waals surface area contributed by atoms with E-state index in [0.717, 1.165) is 11.6 Å². The van der Waals surface area contributed by atoms with Crippen LogP contribution in [0, 0.1) is 11.6 Å². The minimum Gasteiger partial charge on any atom is -0.426 e. The number of fused-ring (bicyclic) bond motifs is 1. The monoisotopic (exact) mass is 387 g/mol. The van der Waals surface area contributed by atoms with E-state index in [1.165, 1.54) is 6.07 Å². The van der Waals surface area contributed by atoms with Gasteiger partial charge in [0.05, 0.1) is 13.0 Å². The molecular weight excluding hydrogens is 368 g/mol. The summed E-state index contributed by atoms with van der Waals surface area (Å²) in [6.07, 6.45) is 0.256. The van der Waals surface area contributed by atoms with E-state index in [9.17, 15) is 18.4 Å². The fourth-order valence-corrected chi connectivity index (χ4v) is 3.44. The molecule has 6 nitrogen and oxygen atoms in total. The maximum Gasteiger partial charge on any atom is 0.315 e. The van der Waals surface area contributed by atoms with Crippen molar-refractivity contribution >= 4 is 23.3 Å². The molecule has 2 aliphatic rings. The highest BCUT2D eigenvalue weighted by Crippen LogP contribution is 2.29. The molecule has 1 amide bonds. The van der Waals surface area contributed by atoms with Crippen molar-refractivity contribution < 1.29 is 23.1 Å². The van der Waals surface area contributed by atoms with Gasteiger partial charge >= 0.3 is 5.97 Å². The van der Waals surface area contributed by atoms with Gasteiger partial charge in [-0.25, -0.2) is 8.78 Å². The topological polar surface area (TPSA) is 61.9 Å². The zero-order chi connectivity index (χ0) is 19.7. The second-order valence-corrected chi connectivity index (χ2v) is 6.88. The summed E-state index contributed by atoms with van der Waals surface area (Å²) in [4.78, 5) is 27.6. The van der Waals surface area contributed by atoms with Crippen LogP contribution in [0.15, 0.2) is 36.4 Å². The van der Waals surface area contributed by atoms with Crippen molar-refractivity contribution in [3.63, 3.8) is 0 Å². The third kappa shape index (κ3) is 3.96. The summed E-state index contributed by atoms with van der Waals surface area (Å²) in [7, 11) is 0. The molecule has 0 spiro atoms. The van der Waals surface area contributed by atoms with Crippen molar-refractivity contribution in [2.45, 2.75) is 6.42 Å². The van der Waals surface area contributed by atoms with Crippen LogP contribution in [-0.4, -0.2) is 49.5 Å². The van der Waals surface area contributed by atoms with Gasteiger partial charge in [-0.1, -0.05) is 6.07 Å². The number of ether oxygens (including phenoxy) is 1. The molecule has 0 aliphatic carbocycles. The molecular formula is C20H19F2N3O3. The van der Waals surface area contributed by atoms with E-state index in [0.29, 0.717) is 43.3 Å². The van der Waals surface area contributed by atoms with Crippen molar-refractivity contribution in [3.05, 3.63) is 53.6 Å². The molecule has 2 aliphatic heterocycles. The van der Waals surface area contributed by atoms with Crippen LogP contribution in [0.25, 0.3) is 0 Å². The molecule has 1 saturated heterocycles. The van der Waals surface area contributed by atoms with Crippen LogP contribution in [0.3, 0.4) is 0 Å². The predicted octanol–water partition coefficient (Wildman–Crippen LogP) is 2.19. The average Bonchev–Trinajstić information content (AvgIpc) is 3.04. The Morgan fingerprint density at radius 3 is 2.57 bits per heavy atom. The first-order valence-electron chi connectivity index (χ1n) is 9.04. The molecule has 1 N–H and O–H groups in total. The first-order chi connectivity index (χ1) is 13.5. The number of nitrogens with one attached hydrogen (secondary N) is 1. The molecule has 1 fully saturated rings. The summed E-state index contributed by atoms with van der Waals surface area (Å²) in [5, 5.41) is 2.81. The van der Waals surface area contributed by atoms with Crippen LogP contribution in [0.2, 0.25) is 0 Å². The van der Waals surface area contributed by atoms with Crippen molar-refractivity contribution in [3.8, 4) is 5.75 Å². The number of amides is 1. The molecule has 28 heavy (non-hydrogen) atoms. The lowest BCUT2D eigenvalue weighted by Crippen LogP contribution is -2.48. The lowest BCUT2D eigenvalue weighted by Gasteiger charge is -2.35. The number of carbonyl (C=O) groups is 2. The fourth-order valence-electron chi connectivity index (χ4n) is 3.44. The molecule has 0 saturated carbocycles. The Hall–Kier alpha value is -3.00. The Kier molecular flexibility index (Phi) is 4.95. The summed E-state index contributed by atoms with van der Waals surface area (Å²) in [6.45, 7) is 2.73. The van der Waals surface area contributed by atoms with E-state index in [2.05, 4.69) is 5.32 Å². The number of carbonyl (C=O) groups excluding carboxylic acids is 2. The number of nitrogens with zero attached hydrogens (tertiary/aromatic N) is 2. The number of rotatable bonds is 4. The van der Waals surface area contributed by atoms with Crippen LogP contribution < -0.4 is 15.0 Å². The van der Waals surface area contributed by atoms with E-state index < -0.39 is 11.6 Å². The molecule has 0 unspecified atom stereocenters. The minimum absolute atomic E-state index is 0.162. The lowest BCUT2D eigenvalue weighted by atomic mass is 10.1. The molecule has 0 atom stereocenters. The third-order valence-electron chi connectivity index (χ3n) is 4.92. The SMILES string of the molecule is O=C(CN1CCN(c2ccc(F)c(F)c2)CC1)Nc1ccc2c(c1)OC(=O)C2. The van der Waals surface area contributed by atoms with Crippen LogP contribution in [0.1, 0.15) is 5.56 Å². The molecule has 2 heterocycles. The predicted molar refractivity (Wildman–Crippen MR) is 99.4 cm³/mol. The maximum atomic E-state index is 13.4. The van der Waals surface area contributed by atoms with E-state index >= 15 is 0 Å². The standard InChI is InChI=1S/C20H19F2N3O3/c21-16-4-3-15(11-17(16)22)25-7-5-24(6-8-25)12-19(26)23-14-2-1-13-9-20(27)28-18(13)10-14/h1-4,10-11H,5-9,12H2,(H,23,26). The number of hydrogen-bond donors (Lipinski definition) is 1. The largest absolute Gasteiger partial charge is 0.426 e. The smallest absolute Gasteiger partial charge is 0.315 e. The number of esters is 1. The zero-order valence-corrected chi connectivity index (χ0v) is 15.1. The van der Waals surface area contributed by atoms with Gasteiger partial charge in [0.15, 0.2) is 11.6 Å². The lowest BCUT2D eigenvalue weighted by molar-refractivity contribution is -0.131. The summed E-state index contributed by atoms with van der Waals surface area (Å²) < 4.78 is 31.6. The van der Waals surface area contributed by atoms with E-state index in [1.54, 1.807) is 24.3 Å². The molecule has 0 aromatic heterocycles. The van der Waals surface area contributed by atoms with Crippen LogP contribution in [-0.2, 0) is 16.0 Å². The van der Waals surface area contributed by atoms with E-state index in [4.69, 9.17) is 4.74 Å². The molecule has 4 rings (SSSR count). The van der Waals surface area contributed by atoms with Gasteiger partial charge in [0.25, 0.3) is 0 Å². The van der Waals surface area contributed by atoms with Crippen molar-refractivity contribution in [1.29, 1.82) is 0 Å². The summed E-state index contributed by atoms with van der Waals surface area (Å²) in [6, 6.07) is 9.05. The Morgan fingerprint density at radius 2 is 1.82 bits per heavy atom. The normalized spacial score (nSPS) is 16.6. The number of benzene rings is 2. The van der Waals surface area contributed by atoms with Gasteiger partial charge in [-0.3, -0.25) is 14.5 Å². The van der Waals surface area contributed by atoms with Gasteiger partial charge in [-0.15, -0.1) is 0 Å². The molecule has 2 aromatic rings. The molecule has 146 valence electrons. The quantitative estimate of drug-likeness (QED) is 0.644. The summed E-state index contributed by atoms with van der Waals surface area (Å²) in [5.41, 5.74) is 2.03. The van der Waals surface area contributed by atoms with Crippen LogP contribution >= 0.6 is 0 Å². The fraction of sp³-hybridized carbons (Fsp3) is 0.300. The molecule has 0 radical (unpaired) electrons. The average molecular weight is 387 g/mol. The van der Waals surface area contributed by atoms with E-state index in [-0.39, 0.29) is 24.8 Å². The van der Waals surface area contributed by atoms with Crippen molar-refractivity contribution in [2.24, 2.45) is 0 Å². The first-order valence-corrected chi connectivity index (χ1v) is 9.04.